The summed E-state index contributed by atoms with van der Waals surface area (Å²) in [5, 5.41) is 17.8. The van der Waals surface area contributed by atoms with E-state index in [2.05, 4.69) is 36.0 Å². The fourth-order valence-corrected chi connectivity index (χ4v) is 3.02. The third-order valence-corrected chi connectivity index (χ3v) is 4.11. The Labute approximate surface area is 123 Å². The second-order valence-corrected chi connectivity index (χ2v) is 5.93. The molecule has 0 bridgehead atoms. The van der Waals surface area contributed by atoms with E-state index in [1.54, 1.807) is 23.5 Å². The van der Waals surface area contributed by atoms with Crippen molar-refractivity contribution in [2.24, 2.45) is 0 Å². The van der Waals surface area contributed by atoms with E-state index in [1.165, 1.54) is 17.7 Å². The maximum absolute atomic E-state index is 12.8. The van der Waals surface area contributed by atoms with E-state index in [4.69, 9.17) is 0 Å². The van der Waals surface area contributed by atoms with E-state index < -0.39 is 6.10 Å². The minimum atomic E-state index is -0.576. The van der Waals surface area contributed by atoms with Gasteiger partial charge in [-0.2, -0.15) is 11.3 Å². The summed E-state index contributed by atoms with van der Waals surface area (Å²) in [5.41, 5.74) is 2.02. The maximum Gasteiger partial charge on any atom is 0.123 e. The van der Waals surface area contributed by atoms with E-state index in [-0.39, 0.29) is 17.9 Å². The second kappa shape index (κ2) is 6.97. The lowest BCUT2D eigenvalue weighted by atomic mass is 10.0. The van der Waals surface area contributed by atoms with E-state index in [9.17, 15) is 9.50 Å². The van der Waals surface area contributed by atoms with Crippen LogP contribution in [0.15, 0.2) is 41.1 Å². The van der Waals surface area contributed by atoms with Crippen molar-refractivity contribution in [3.63, 3.8) is 0 Å². The summed E-state index contributed by atoms with van der Waals surface area (Å²) in [6.07, 6.45) is 0.0212. The van der Waals surface area contributed by atoms with Crippen LogP contribution in [-0.2, 0) is 0 Å². The van der Waals surface area contributed by atoms with Gasteiger partial charge in [-0.1, -0.05) is 12.1 Å². The molecule has 1 aromatic carbocycles. The van der Waals surface area contributed by atoms with Gasteiger partial charge >= 0.3 is 0 Å². The molecule has 2 nitrogen and oxygen atoms in total. The van der Waals surface area contributed by atoms with Crippen LogP contribution in [0.25, 0.3) is 0 Å². The molecule has 0 radical (unpaired) electrons. The van der Waals surface area contributed by atoms with Crippen LogP contribution in [0.5, 0.6) is 0 Å². The lowest BCUT2D eigenvalue weighted by molar-refractivity contribution is 0.152. The Hall–Kier alpha value is -1.23. The highest BCUT2D eigenvalue weighted by Crippen LogP contribution is 2.21. The van der Waals surface area contributed by atoms with E-state index in [0.29, 0.717) is 6.42 Å². The van der Waals surface area contributed by atoms with E-state index in [0.717, 1.165) is 5.56 Å². The van der Waals surface area contributed by atoms with Gasteiger partial charge in [-0.15, -0.1) is 0 Å². The van der Waals surface area contributed by atoms with E-state index in [1.807, 2.05) is 0 Å². The Kier molecular flexibility index (Phi) is 5.29. The molecule has 0 aliphatic heterocycles. The van der Waals surface area contributed by atoms with Crippen molar-refractivity contribution in [1.82, 2.24) is 5.32 Å². The van der Waals surface area contributed by atoms with Crippen LogP contribution >= 0.6 is 11.3 Å². The van der Waals surface area contributed by atoms with Crippen molar-refractivity contribution in [2.75, 3.05) is 0 Å². The summed E-state index contributed by atoms with van der Waals surface area (Å²) < 4.78 is 12.8. The molecule has 3 unspecified atom stereocenters. The van der Waals surface area contributed by atoms with Crippen molar-refractivity contribution >= 4 is 11.3 Å². The topological polar surface area (TPSA) is 32.3 Å². The number of hydrogen-bond acceptors (Lipinski definition) is 3. The fraction of sp³-hybridized carbons (Fsp3) is 0.375. The molecule has 1 heterocycles. The lowest BCUT2D eigenvalue weighted by Crippen LogP contribution is -2.30. The van der Waals surface area contributed by atoms with Gasteiger partial charge < -0.3 is 10.4 Å². The van der Waals surface area contributed by atoms with Crippen molar-refractivity contribution in [1.29, 1.82) is 0 Å². The largest absolute Gasteiger partial charge is 0.388 e. The summed E-state index contributed by atoms with van der Waals surface area (Å²) in [6, 6.07) is 8.56. The van der Waals surface area contributed by atoms with E-state index >= 15 is 0 Å². The molecule has 2 aromatic rings. The smallest absolute Gasteiger partial charge is 0.123 e. The highest BCUT2D eigenvalue weighted by molar-refractivity contribution is 7.07. The Morgan fingerprint density at radius 1 is 1.15 bits per heavy atom. The molecular formula is C16H20FNOS. The predicted octanol–water partition coefficient (Wildman–Crippen LogP) is 4.05. The summed E-state index contributed by atoms with van der Waals surface area (Å²) in [5.74, 6) is -0.279. The van der Waals surface area contributed by atoms with Gasteiger partial charge in [0.25, 0.3) is 0 Å². The summed E-state index contributed by atoms with van der Waals surface area (Å²) in [4.78, 5) is 0. The fourth-order valence-electron chi connectivity index (χ4n) is 2.27. The van der Waals surface area contributed by atoms with Crippen LogP contribution in [-0.4, -0.2) is 11.1 Å². The molecule has 2 N–H and O–H groups in total. The third kappa shape index (κ3) is 4.13. The van der Waals surface area contributed by atoms with Crippen molar-refractivity contribution < 1.29 is 9.50 Å². The predicted molar refractivity (Wildman–Crippen MR) is 81.3 cm³/mol. The van der Waals surface area contributed by atoms with Crippen molar-refractivity contribution in [3.05, 3.63) is 58.0 Å². The van der Waals surface area contributed by atoms with Crippen molar-refractivity contribution in [3.8, 4) is 0 Å². The molecule has 0 saturated carbocycles. The molecule has 0 saturated heterocycles. The number of hydrogen-bond donors (Lipinski definition) is 2. The van der Waals surface area contributed by atoms with Gasteiger partial charge in [0, 0.05) is 12.1 Å². The zero-order valence-corrected chi connectivity index (χ0v) is 12.5. The van der Waals surface area contributed by atoms with Gasteiger partial charge in [0.05, 0.1) is 6.10 Å². The maximum atomic E-state index is 12.8. The molecule has 1 aromatic heterocycles. The molecule has 0 aliphatic rings. The standard InChI is InChI=1S/C16H20FNOS/c1-11(18-12(2)14-7-8-20-10-14)9-16(19)13-3-5-15(17)6-4-13/h3-8,10-12,16,18-19H,9H2,1-2H3. The molecule has 0 fully saturated rings. The molecule has 0 spiro atoms. The van der Waals surface area contributed by atoms with Crippen LogP contribution in [0.4, 0.5) is 4.39 Å². The third-order valence-electron chi connectivity index (χ3n) is 3.41. The Morgan fingerprint density at radius 2 is 1.85 bits per heavy atom. The van der Waals surface area contributed by atoms with Gasteiger partial charge in [0.2, 0.25) is 0 Å². The minimum Gasteiger partial charge on any atom is -0.388 e. The average molecular weight is 293 g/mol. The molecule has 108 valence electrons. The number of halogens is 1. The van der Waals surface area contributed by atoms with Gasteiger partial charge in [-0.3, -0.25) is 0 Å². The van der Waals surface area contributed by atoms with Crippen LogP contribution in [0, 0.1) is 5.82 Å². The highest BCUT2D eigenvalue weighted by atomic mass is 32.1. The summed E-state index contributed by atoms with van der Waals surface area (Å²) >= 11 is 1.68. The zero-order chi connectivity index (χ0) is 14.5. The first-order valence-electron chi connectivity index (χ1n) is 6.78. The monoisotopic (exact) mass is 293 g/mol. The number of rotatable bonds is 6. The molecule has 2 rings (SSSR count). The first-order chi connectivity index (χ1) is 9.56. The minimum absolute atomic E-state index is 0.171. The Balaban J connectivity index is 1.87. The lowest BCUT2D eigenvalue weighted by Gasteiger charge is -2.22. The SMILES string of the molecule is CC(CC(O)c1ccc(F)cc1)NC(C)c1ccsc1. The first kappa shape index (κ1) is 15.2. The number of aliphatic hydroxyl groups excluding tert-OH is 1. The summed E-state index contributed by atoms with van der Waals surface area (Å²) in [7, 11) is 0. The molecule has 20 heavy (non-hydrogen) atoms. The molecule has 0 amide bonds. The molecule has 4 heteroatoms. The molecule has 0 aliphatic carbocycles. The van der Waals surface area contributed by atoms with Gasteiger partial charge in [-0.05, 0) is 60.4 Å². The Bertz CT molecular complexity index is 512. The van der Waals surface area contributed by atoms with Crippen molar-refractivity contribution in [2.45, 2.75) is 38.5 Å². The normalized spacial score (nSPS) is 15.8. The highest BCUT2D eigenvalue weighted by Gasteiger charge is 2.15. The summed E-state index contributed by atoms with van der Waals surface area (Å²) in [6.45, 7) is 4.17. The number of nitrogens with one attached hydrogen (secondary N) is 1. The first-order valence-corrected chi connectivity index (χ1v) is 7.72. The van der Waals surface area contributed by atoms with Crippen LogP contribution in [0.2, 0.25) is 0 Å². The average Bonchev–Trinajstić information content (AvgIpc) is 2.93. The number of benzene rings is 1. The van der Waals surface area contributed by atoms with Gasteiger partial charge in [0.15, 0.2) is 0 Å². The molecular weight excluding hydrogens is 273 g/mol. The number of thiophene rings is 1. The Morgan fingerprint density at radius 3 is 2.45 bits per heavy atom. The zero-order valence-electron chi connectivity index (χ0n) is 11.7. The molecule has 3 atom stereocenters. The van der Waals surface area contributed by atoms with Crippen LogP contribution < -0.4 is 5.32 Å². The van der Waals surface area contributed by atoms with Crippen LogP contribution in [0.1, 0.15) is 43.5 Å². The quantitative estimate of drug-likeness (QED) is 0.842. The van der Waals surface area contributed by atoms with Gasteiger partial charge in [0.1, 0.15) is 5.82 Å². The number of aliphatic hydroxyl groups is 1. The van der Waals surface area contributed by atoms with Gasteiger partial charge in [-0.25, -0.2) is 4.39 Å². The second-order valence-electron chi connectivity index (χ2n) is 5.15. The van der Waals surface area contributed by atoms with Crippen LogP contribution in [0.3, 0.4) is 0 Å².